The van der Waals surface area contributed by atoms with Gasteiger partial charge in [0.1, 0.15) is 17.1 Å². The summed E-state index contributed by atoms with van der Waals surface area (Å²) in [4.78, 5) is 11.3. The Balaban J connectivity index is 3.08. The molecule has 0 fully saturated rings. The molecule has 0 aliphatic rings. The van der Waals surface area contributed by atoms with Gasteiger partial charge in [-0.2, -0.15) is 0 Å². The number of carbonyl (C=O) groups excluding carboxylic acids is 1. The van der Waals surface area contributed by atoms with E-state index in [4.69, 9.17) is 0 Å². The van der Waals surface area contributed by atoms with Crippen LogP contribution < -0.4 is 4.74 Å². The molecule has 0 saturated carbocycles. The number of hydrogen-bond donors (Lipinski definition) is 0. The highest BCUT2D eigenvalue weighted by molar-refractivity contribution is 5.92. The predicted molar refractivity (Wildman–Crippen MR) is 49.0 cm³/mol. The van der Waals surface area contributed by atoms with E-state index in [1.165, 1.54) is 6.92 Å². The van der Waals surface area contributed by atoms with Crippen molar-refractivity contribution < 1.29 is 31.8 Å². The molecule has 0 aliphatic heterocycles. The highest BCUT2D eigenvalue weighted by atomic mass is 19.4. The van der Waals surface area contributed by atoms with Crippen LogP contribution in [0.25, 0.3) is 0 Å². The average Bonchev–Trinajstić information content (AvgIpc) is 2.19. The Morgan fingerprint density at radius 1 is 1.35 bits per heavy atom. The van der Waals surface area contributed by atoms with Gasteiger partial charge in [0.2, 0.25) is 0 Å². The summed E-state index contributed by atoms with van der Waals surface area (Å²) in [5.41, 5.74) is -0.607. The Morgan fingerprint density at radius 2 is 2.00 bits per heavy atom. The van der Waals surface area contributed by atoms with Crippen LogP contribution in [-0.4, -0.2) is 18.9 Å². The zero-order valence-electron chi connectivity index (χ0n) is 8.68. The molecule has 17 heavy (non-hydrogen) atoms. The minimum atomic E-state index is -4.96. The van der Waals surface area contributed by atoms with Gasteiger partial charge in [0.25, 0.3) is 0 Å². The summed E-state index contributed by atoms with van der Waals surface area (Å²) in [6.45, 7) is 1.43. The summed E-state index contributed by atoms with van der Waals surface area (Å²) >= 11 is 0. The van der Waals surface area contributed by atoms with Crippen molar-refractivity contribution in [2.75, 3.05) is 6.61 Å². The van der Waals surface area contributed by atoms with E-state index < -0.39 is 29.5 Å². The molecule has 94 valence electrons. The SMILES string of the molecule is CCOC(=O)c1cc(F)ccc1OC(F)(F)F. The minimum Gasteiger partial charge on any atom is -0.462 e. The second kappa shape index (κ2) is 5.03. The second-order valence-electron chi connectivity index (χ2n) is 2.91. The summed E-state index contributed by atoms with van der Waals surface area (Å²) in [6.07, 6.45) is -4.96. The molecular weight excluding hydrogens is 244 g/mol. The largest absolute Gasteiger partial charge is 0.573 e. The van der Waals surface area contributed by atoms with E-state index in [2.05, 4.69) is 9.47 Å². The maximum Gasteiger partial charge on any atom is 0.573 e. The highest BCUT2D eigenvalue weighted by Gasteiger charge is 2.33. The fourth-order valence-corrected chi connectivity index (χ4v) is 1.08. The second-order valence-corrected chi connectivity index (χ2v) is 2.91. The van der Waals surface area contributed by atoms with Gasteiger partial charge >= 0.3 is 12.3 Å². The molecule has 0 saturated heterocycles. The molecule has 1 rings (SSSR count). The van der Waals surface area contributed by atoms with Crippen LogP contribution in [0.5, 0.6) is 5.75 Å². The van der Waals surface area contributed by atoms with Crippen LogP contribution in [0.15, 0.2) is 18.2 Å². The molecule has 0 aliphatic carbocycles. The molecule has 1 aromatic carbocycles. The van der Waals surface area contributed by atoms with E-state index in [0.29, 0.717) is 6.07 Å². The van der Waals surface area contributed by atoms with Gasteiger partial charge < -0.3 is 9.47 Å². The van der Waals surface area contributed by atoms with E-state index in [1.54, 1.807) is 0 Å². The summed E-state index contributed by atoms with van der Waals surface area (Å²) in [5, 5.41) is 0. The standard InChI is InChI=1S/C10H8F4O3/c1-2-16-9(15)7-5-6(11)3-4-8(7)17-10(12,13)14/h3-5H,2H2,1H3. The molecule has 0 spiro atoms. The van der Waals surface area contributed by atoms with Crippen molar-refractivity contribution in [3.8, 4) is 5.75 Å². The first kappa shape index (κ1) is 13.3. The van der Waals surface area contributed by atoms with E-state index in [-0.39, 0.29) is 6.61 Å². The number of halogens is 4. The van der Waals surface area contributed by atoms with Crippen molar-refractivity contribution in [3.05, 3.63) is 29.6 Å². The van der Waals surface area contributed by atoms with Gasteiger partial charge in [0.05, 0.1) is 6.61 Å². The Bertz CT molecular complexity index is 415. The lowest BCUT2D eigenvalue weighted by Crippen LogP contribution is -2.19. The van der Waals surface area contributed by atoms with Gasteiger partial charge in [-0.3, -0.25) is 0 Å². The summed E-state index contributed by atoms with van der Waals surface area (Å²) in [7, 11) is 0. The van der Waals surface area contributed by atoms with Crippen molar-refractivity contribution in [3.63, 3.8) is 0 Å². The average molecular weight is 252 g/mol. The zero-order chi connectivity index (χ0) is 13.1. The van der Waals surface area contributed by atoms with Crippen LogP contribution >= 0.6 is 0 Å². The van der Waals surface area contributed by atoms with Crippen molar-refractivity contribution in [2.24, 2.45) is 0 Å². The Morgan fingerprint density at radius 3 is 2.53 bits per heavy atom. The van der Waals surface area contributed by atoms with Gasteiger partial charge in [-0.1, -0.05) is 0 Å². The van der Waals surface area contributed by atoms with E-state index in [1.807, 2.05) is 0 Å². The summed E-state index contributed by atoms with van der Waals surface area (Å²) in [5.74, 6) is -2.73. The third kappa shape index (κ3) is 3.93. The van der Waals surface area contributed by atoms with E-state index in [9.17, 15) is 22.4 Å². The first-order valence-electron chi connectivity index (χ1n) is 4.56. The first-order chi connectivity index (χ1) is 7.83. The molecule has 1 aromatic rings. The number of esters is 1. The molecule has 0 aromatic heterocycles. The fraction of sp³-hybridized carbons (Fsp3) is 0.300. The Kier molecular flexibility index (Phi) is 3.93. The van der Waals surface area contributed by atoms with Crippen LogP contribution in [-0.2, 0) is 4.74 Å². The third-order valence-corrected chi connectivity index (χ3v) is 1.66. The fourth-order valence-electron chi connectivity index (χ4n) is 1.08. The molecule has 7 heteroatoms. The quantitative estimate of drug-likeness (QED) is 0.613. The normalized spacial score (nSPS) is 11.1. The molecule has 0 bridgehead atoms. The van der Waals surface area contributed by atoms with Crippen LogP contribution in [0.1, 0.15) is 17.3 Å². The molecule has 0 atom stereocenters. The Hall–Kier alpha value is -1.79. The zero-order valence-corrected chi connectivity index (χ0v) is 8.68. The molecular formula is C10H8F4O3. The summed E-state index contributed by atoms with van der Waals surface area (Å²) < 4.78 is 56.9. The van der Waals surface area contributed by atoms with Crippen LogP contribution in [0.3, 0.4) is 0 Å². The van der Waals surface area contributed by atoms with Crippen molar-refractivity contribution in [2.45, 2.75) is 13.3 Å². The van der Waals surface area contributed by atoms with Crippen LogP contribution in [0, 0.1) is 5.82 Å². The van der Waals surface area contributed by atoms with Gasteiger partial charge in [0, 0.05) is 0 Å². The number of benzene rings is 1. The molecule has 0 radical (unpaired) electrons. The number of carbonyl (C=O) groups is 1. The van der Waals surface area contributed by atoms with Crippen molar-refractivity contribution in [1.29, 1.82) is 0 Å². The van der Waals surface area contributed by atoms with Gasteiger partial charge in [-0.25, -0.2) is 9.18 Å². The molecule has 3 nitrogen and oxygen atoms in total. The number of ether oxygens (including phenoxy) is 2. The van der Waals surface area contributed by atoms with Gasteiger partial charge in [-0.05, 0) is 25.1 Å². The van der Waals surface area contributed by atoms with Crippen LogP contribution in [0.4, 0.5) is 17.6 Å². The monoisotopic (exact) mass is 252 g/mol. The third-order valence-electron chi connectivity index (χ3n) is 1.66. The van der Waals surface area contributed by atoms with Crippen molar-refractivity contribution in [1.82, 2.24) is 0 Å². The molecule has 0 amide bonds. The Labute approximate surface area is 93.9 Å². The molecule has 0 unspecified atom stereocenters. The number of rotatable bonds is 3. The molecule has 0 heterocycles. The van der Waals surface area contributed by atoms with Crippen LogP contribution in [0.2, 0.25) is 0 Å². The number of hydrogen-bond acceptors (Lipinski definition) is 3. The minimum absolute atomic E-state index is 0.0409. The predicted octanol–water partition coefficient (Wildman–Crippen LogP) is 2.90. The maximum absolute atomic E-state index is 12.8. The number of alkyl halides is 3. The maximum atomic E-state index is 12.8. The topological polar surface area (TPSA) is 35.5 Å². The highest BCUT2D eigenvalue weighted by Crippen LogP contribution is 2.27. The lowest BCUT2D eigenvalue weighted by Gasteiger charge is -2.12. The first-order valence-corrected chi connectivity index (χ1v) is 4.56. The lowest BCUT2D eigenvalue weighted by molar-refractivity contribution is -0.274. The van der Waals surface area contributed by atoms with E-state index >= 15 is 0 Å². The van der Waals surface area contributed by atoms with Gasteiger partial charge in [-0.15, -0.1) is 13.2 Å². The van der Waals surface area contributed by atoms with E-state index in [0.717, 1.165) is 12.1 Å². The molecule has 0 N–H and O–H groups in total. The lowest BCUT2D eigenvalue weighted by atomic mass is 10.2. The van der Waals surface area contributed by atoms with Gasteiger partial charge in [0.15, 0.2) is 0 Å². The smallest absolute Gasteiger partial charge is 0.462 e. The van der Waals surface area contributed by atoms with Crippen molar-refractivity contribution >= 4 is 5.97 Å². The summed E-state index contributed by atoms with van der Waals surface area (Å²) in [6, 6.07) is 2.10.